The lowest BCUT2D eigenvalue weighted by Gasteiger charge is -2.13. The first kappa shape index (κ1) is 59.7. The number of phenolic OH excluding ortho intramolecular Hbond substituents is 2. The van der Waals surface area contributed by atoms with Gasteiger partial charge in [0.15, 0.2) is 0 Å². The zero-order valence-corrected chi connectivity index (χ0v) is 45.6. The number of esters is 5. The second-order valence-electron chi connectivity index (χ2n) is 18.5. The lowest BCUT2D eigenvalue weighted by Crippen LogP contribution is -2.10. The molecule has 1 saturated heterocycles. The summed E-state index contributed by atoms with van der Waals surface area (Å²) in [6.45, 7) is 12.1. The molecular weight excluding hydrogens is 1080 g/mol. The molecule has 0 bridgehead atoms. The second kappa shape index (κ2) is 28.8. The molecule has 1 aliphatic heterocycles. The van der Waals surface area contributed by atoms with Crippen molar-refractivity contribution in [1.29, 1.82) is 0 Å². The van der Waals surface area contributed by atoms with Crippen LogP contribution in [0.4, 0.5) is 0 Å². The van der Waals surface area contributed by atoms with Crippen LogP contribution in [0.1, 0.15) is 43.9 Å². The quantitative estimate of drug-likeness (QED) is 0.0423. The summed E-state index contributed by atoms with van der Waals surface area (Å²) in [5.74, 6) is -1.82. The predicted octanol–water partition coefficient (Wildman–Crippen LogP) is 14.5. The van der Waals surface area contributed by atoms with Crippen molar-refractivity contribution in [2.75, 3.05) is 13.2 Å². The number of hydrogen-bond donors (Lipinski definition) is 3. The van der Waals surface area contributed by atoms with Crippen LogP contribution in [-0.4, -0.2) is 64.3 Å². The number of aromatic hydroxyl groups is 2. The summed E-state index contributed by atoms with van der Waals surface area (Å²) in [6, 6.07) is 57.9. The number of fused-ring (bicyclic) bond motifs is 3. The third-order valence-electron chi connectivity index (χ3n) is 12.7. The highest BCUT2D eigenvalue weighted by molar-refractivity contribution is 6.00. The minimum Gasteiger partial charge on any atom is -0.508 e. The van der Waals surface area contributed by atoms with Gasteiger partial charge in [-0.05, 0) is 165 Å². The van der Waals surface area contributed by atoms with Gasteiger partial charge in [-0.1, -0.05) is 117 Å². The fourth-order valence-electron chi connectivity index (χ4n) is 8.44. The molecule has 15 heteroatoms. The highest BCUT2D eigenvalue weighted by Gasteiger charge is 2.18. The van der Waals surface area contributed by atoms with E-state index in [1.54, 1.807) is 127 Å². The van der Waals surface area contributed by atoms with E-state index in [-0.39, 0.29) is 28.6 Å². The van der Waals surface area contributed by atoms with Gasteiger partial charge in [-0.15, -0.1) is 0 Å². The van der Waals surface area contributed by atoms with E-state index < -0.39 is 35.8 Å². The molecule has 0 atom stereocenters. The summed E-state index contributed by atoms with van der Waals surface area (Å²) >= 11 is 0. The smallest absolute Gasteiger partial charge is 0.343 e. The molecule has 0 saturated carbocycles. The van der Waals surface area contributed by atoms with Crippen molar-refractivity contribution >= 4 is 68.1 Å². The number of phenols is 2. The van der Waals surface area contributed by atoms with Gasteiger partial charge in [0.05, 0.1) is 16.7 Å². The number of carbonyl (C=O) groups excluding carboxylic acids is 5. The van der Waals surface area contributed by atoms with Crippen LogP contribution in [0, 0.1) is 0 Å². The fourth-order valence-corrected chi connectivity index (χ4v) is 8.44. The van der Waals surface area contributed by atoms with Crippen molar-refractivity contribution in [2.24, 2.45) is 0 Å². The SMILES string of the molecule is C1CCOC1.C=CC(=O)Oc1ccc2cc(C(=O)O)ccc2c1.C=CC(=O)Oc1ccc2cc(C(=O)Oc3ccc(OC(=O)c4ccc5cc(OC(=O)C=C)ccc5c4)c(-c4ccccc4)c3)ccc2c1.Oc1ccc(O)c(-c2ccccc2)c1. The van der Waals surface area contributed by atoms with Crippen molar-refractivity contribution < 1.29 is 72.5 Å². The van der Waals surface area contributed by atoms with Crippen molar-refractivity contribution in [3.05, 3.63) is 261 Å². The van der Waals surface area contributed by atoms with Crippen LogP contribution >= 0.6 is 0 Å². The Morgan fingerprint density at radius 3 is 1.21 bits per heavy atom. The summed E-state index contributed by atoms with van der Waals surface area (Å²) in [7, 11) is 0. The minimum atomic E-state index is -0.973. The monoisotopic (exact) mass is 1130 g/mol. The molecule has 0 spiro atoms. The van der Waals surface area contributed by atoms with Crippen LogP contribution in [0.25, 0.3) is 54.6 Å². The summed E-state index contributed by atoms with van der Waals surface area (Å²) in [5, 5.41) is 32.3. The van der Waals surface area contributed by atoms with Crippen molar-refractivity contribution in [1.82, 2.24) is 0 Å². The standard InChI is InChI=1S/C40H26O8.C14H10O4.C12H10O2.C4H8O/c1-3-37(41)45-32-16-14-26-20-30(12-10-28(26)22-32)39(43)47-34-18-19-36(35(24-34)25-8-6-5-7-9-25)48-40(44)31-13-11-29-23-33(46-38(42)4-2)17-15-27(29)21-31;1-2-13(15)18-12-6-5-9-7-11(14(16)17)4-3-10(9)8-12;13-10-6-7-12(14)11(8-10)9-4-2-1-3-5-9;1-2-4-5-3-1/h3-24H,1-2H2;2-8H,1H2,(H,16,17);1-8,13-14H;1-4H2. The summed E-state index contributed by atoms with van der Waals surface area (Å²) < 4.78 is 31.9. The Morgan fingerprint density at radius 2 is 0.776 bits per heavy atom. The molecule has 1 heterocycles. The van der Waals surface area contributed by atoms with Gasteiger partial charge in [0.2, 0.25) is 0 Å². The first-order chi connectivity index (χ1) is 41.2. The van der Waals surface area contributed by atoms with Crippen LogP contribution in [0.5, 0.6) is 40.2 Å². The van der Waals surface area contributed by atoms with Crippen LogP contribution in [0.2, 0.25) is 0 Å². The molecule has 0 amide bonds. The lowest BCUT2D eigenvalue weighted by molar-refractivity contribution is -0.129. The number of aromatic carboxylic acids is 1. The van der Waals surface area contributed by atoms with Crippen LogP contribution in [0.15, 0.2) is 244 Å². The average Bonchev–Trinajstić information content (AvgIpc) is 4.14. The maximum atomic E-state index is 13.3. The van der Waals surface area contributed by atoms with E-state index in [9.17, 15) is 39.0 Å². The molecule has 10 aromatic rings. The van der Waals surface area contributed by atoms with Gasteiger partial charge in [0, 0.05) is 42.6 Å². The van der Waals surface area contributed by atoms with E-state index in [2.05, 4.69) is 19.7 Å². The largest absolute Gasteiger partial charge is 0.508 e. The van der Waals surface area contributed by atoms with E-state index in [0.29, 0.717) is 39.5 Å². The Balaban J connectivity index is 0.000000203. The van der Waals surface area contributed by atoms with Gasteiger partial charge >= 0.3 is 35.8 Å². The number of carbonyl (C=O) groups is 6. The molecule has 0 aromatic heterocycles. The van der Waals surface area contributed by atoms with Crippen LogP contribution < -0.4 is 23.7 Å². The normalized spacial score (nSPS) is 11.2. The zero-order valence-electron chi connectivity index (χ0n) is 45.6. The molecule has 0 unspecified atom stereocenters. The Morgan fingerprint density at radius 1 is 0.388 bits per heavy atom. The molecule has 10 aromatic carbocycles. The molecular formula is C70H54O15. The van der Waals surface area contributed by atoms with Crippen molar-refractivity contribution in [3.63, 3.8) is 0 Å². The maximum absolute atomic E-state index is 13.3. The van der Waals surface area contributed by atoms with Gasteiger partial charge in [0.25, 0.3) is 0 Å². The van der Waals surface area contributed by atoms with E-state index in [0.717, 1.165) is 74.9 Å². The number of ether oxygens (including phenoxy) is 6. The molecule has 3 N–H and O–H groups in total. The summed E-state index contributed by atoms with van der Waals surface area (Å²) in [5.41, 5.74) is 3.68. The second-order valence-corrected chi connectivity index (χ2v) is 18.5. The average molecular weight is 1140 g/mol. The fraction of sp³-hybridized carbons (Fsp3) is 0.0571. The van der Waals surface area contributed by atoms with Gasteiger partial charge in [-0.2, -0.15) is 0 Å². The van der Waals surface area contributed by atoms with Gasteiger partial charge in [-0.25, -0.2) is 28.8 Å². The predicted molar refractivity (Wildman–Crippen MR) is 323 cm³/mol. The highest BCUT2D eigenvalue weighted by atomic mass is 16.6. The summed E-state index contributed by atoms with van der Waals surface area (Å²) in [6.07, 6.45) is 5.80. The van der Waals surface area contributed by atoms with Crippen molar-refractivity contribution in [3.8, 4) is 62.5 Å². The molecule has 0 radical (unpaired) electrons. The van der Waals surface area contributed by atoms with Gasteiger partial charge in [0.1, 0.15) is 40.2 Å². The molecule has 15 nitrogen and oxygen atoms in total. The maximum Gasteiger partial charge on any atom is 0.343 e. The molecule has 11 rings (SSSR count). The third-order valence-corrected chi connectivity index (χ3v) is 12.7. The van der Waals surface area contributed by atoms with Crippen LogP contribution in [-0.2, 0) is 19.1 Å². The van der Waals surface area contributed by atoms with E-state index in [1.165, 1.54) is 31.0 Å². The third kappa shape index (κ3) is 16.6. The van der Waals surface area contributed by atoms with Crippen molar-refractivity contribution in [2.45, 2.75) is 12.8 Å². The number of hydrogen-bond acceptors (Lipinski definition) is 14. The number of carboxylic acids is 1. The van der Waals surface area contributed by atoms with E-state index in [1.807, 2.05) is 60.7 Å². The Kier molecular flexibility index (Phi) is 20.2. The molecule has 85 heavy (non-hydrogen) atoms. The van der Waals surface area contributed by atoms with Crippen LogP contribution in [0.3, 0.4) is 0 Å². The minimum absolute atomic E-state index is 0.154. The number of benzene rings is 10. The highest BCUT2D eigenvalue weighted by Crippen LogP contribution is 2.36. The Bertz CT molecular complexity index is 4120. The molecule has 424 valence electrons. The molecule has 1 fully saturated rings. The summed E-state index contributed by atoms with van der Waals surface area (Å²) in [4.78, 5) is 71.4. The number of carboxylic acid groups (broad SMARTS) is 1. The topological polar surface area (TPSA) is 218 Å². The van der Waals surface area contributed by atoms with E-state index >= 15 is 0 Å². The zero-order chi connectivity index (χ0) is 60.2. The Hall–Kier alpha value is -11.4. The number of rotatable bonds is 13. The molecule has 1 aliphatic rings. The molecule has 0 aliphatic carbocycles. The van der Waals surface area contributed by atoms with Gasteiger partial charge < -0.3 is 43.7 Å². The Labute approximate surface area is 488 Å². The van der Waals surface area contributed by atoms with Gasteiger partial charge in [-0.3, -0.25) is 0 Å². The first-order valence-corrected chi connectivity index (χ1v) is 26.3. The lowest BCUT2D eigenvalue weighted by atomic mass is 10.0. The first-order valence-electron chi connectivity index (χ1n) is 26.3. The van der Waals surface area contributed by atoms with E-state index in [4.69, 9.17) is 33.5 Å².